The molecule has 4 nitrogen and oxygen atoms in total. The minimum atomic E-state index is -2.14. The van der Waals surface area contributed by atoms with Crippen LogP contribution in [0.4, 0.5) is 0 Å². The molecule has 228 valence electrons. The van der Waals surface area contributed by atoms with Crippen LogP contribution in [0.3, 0.4) is 0 Å². The lowest BCUT2D eigenvalue weighted by atomic mass is 9.80. The molecule has 0 N–H and O–H groups in total. The summed E-state index contributed by atoms with van der Waals surface area (Å²) in [5.74, 6) is 0. The zero-order chi connectivity index (χ0) is 30.8. The molecule has 42 heavy (non-hydrogen) atoms. The number of ether oxygens (including phenoxy) is 2. The number of hydrogen-bond acceptors (Lipinski definition) is 4. The maximum Gasteiger partial charge on any atom is 0.192 e. The smallest absolute Gasteiger partial charge is 0.192 e. The van der Waals surface area contributed by atoms with Gasteiger partial charge in [0.05, 0.1) is 19.3 Å². The van der Waals surface area contributed by atoms with Crippen molar-refractivity contribution in [3.05, 3.63) is 108 Å². The van der Waals surface area contributed by atoms with Gasteiger partial charge in [0.1, 0.15) is 17.8 Å². The molecule has 1 saturated heterocycles. The fraction of sp³-hybridized carbons (Fsp3) is 0.500. The Labute approximate surface area is 257 Å². The van der Waals surface area contributed by atoms with Gasteiger partial charge >= 0.3 is 0 Å². The first-order chi connectivity index (χ1) is 19.6. The van der Waals surface area contributed by atoms with Crippen LogP contribution in [0.2, 0.25) is 36.3 Å². The van der Waals surface area contributed by atoms with E-state index in [2.05, 4.69) is 159 Å². The summed E-state index contributed by atoms with van der Waals surface area (Å²) in [5.41, 5.74) is 2.43. The van der Waals surface area contributed by atoms with E-state index in [0.29, 0.717) is 13.2 Å². The fourth-order valence-electron chi connectivity index (χ4n) is 5.09. The van der Waals surface area contributed by atoms with Crippen LogP contribution in [0.25, 0.3) is 0 Å². The average molecular weight is 605 g/mol. The van der Waals surface area contributed by atoms with Gasteiger partial charge in [-0.05, 0) is 53.0 Å². The normalized spacial score (nSPS) is 20.6. The van der Waals surface area contributed by atoms with E-state index in [9.17, 15) is 0 Å². The summed E-state index contributed by atoms with van der Waals surface area (Å²) in [4.78, 5) is 0. The molecule has 0 aromatic heterocycles. The second-order valence-corrected chi connectivity index (χ2v) is 24.2. The fourth-order valence-corrected chi connectivity index (χ4v) is 7.74. The molecule has 4 rings (SSSR count). The first-order valence-corrected chi connectivity index (χ1v) is 21.2. The van der Waals surface area contributed by atoms with Crippen LogP contribution in [0, 0.1) is 0 Å². The van der Waals surface area contributed by atoms with Gasteiger partial charge in [0.15, 0.2) is 16.6 Å². The second kappa shape index (κ2) is 12.5. The largest absolute Gasteiger partial charge is 0.409 e. The molecule has 0 bridgehead atoms. The van der Waals surface area contributed by atoms with E-state index in [1.807, 2.05) is 0 Å². The molecule has 1 heterocycles. The second-order valence-electron chi connectivity index (χ2n) is 14.7. The predicted octanol–water partition coefficient (Wildman–Crippen LogP) is 9.17. The maximum atomic E-state index is 7.21. The molecule has 0 saturated carbocycles. The van der Waals surface area contributed by atoms with Crippen LogP contribution < -0.4 is 0 Å². The molecule has 3 atom stereocenters. The molecule has 0 amide bonds. The first-order valence-electron chi connectivity index (χ1n) is 15.4. The highest BCUT2D eigenvalue weighted by Gasteiger charge is 2.50. The summed E-state index contributed by atoms with van der Waals surface area (Å²) in [6.45, 7) is 23.8. The van der Waals surface area contributed by atoms with E-state index in [0.717, 1.165) is 16.7 Å². The van der Waals surface area contributed by atoms with E-state index in [1.165, 1.54) is 0 Å². The summed E-state index contributed by atoms with van der Waals surface area (Å²) in [7, 11) is -4.21. The zero-order valence-electron chi connectivity index (χ0n) is 27.4. The SMILES string of the molecule is CC(C)(C)[Si](C)(C)OC1COC(COC(c2ccccc2)(c2ccccc2)c2ccccc2)C1O[Si](C)(C)C(C)(C)C. The highest BCUT2D eigenvalue weighted by molar-refractivity contribution is 6.74. The van der Waals surface area contributed by atoms with Crippen molar-refractivity contribution < 1.29 is 18.3 Å². The quantitative estimate of drug-likeness (QED) is 0.171. The van der Waals surface area contributed by atoms with E-state index in [1.54, 1.807) is 0 Å². The molecule has 1 aliphatic heterocycles. The van der Waals surface area contributed by atoms with Crippen molar-refractivity contribution >= 4 is 16.6 Å². The summed E-state index contributed by atoms with van der Waals surface area (Å²) >= 11 is 0. The highest BCUT2D eigenvalue weighted by Crippen LogP contribution is 2.44. The summed E-state index contributed by atoms with van der Waals surface area (Å²) in [6.07, 6.45) is -0.599. The summed E-state index contributed by atoms with van der Waals surface area (Å²) < 4.78 is 27.9. The predicted molar refractivity (Wildman–Crippen MR) is 179 cm³/mol. The maximum absolute atomic E-state index is 7.21. The Balaban J connectivity index is 1.75. The van der Waals surface area contributed by atoms with Gasteiger partial charge in [0.2, 0.25) is 0 Å². The van der Waals surface area contributed by atoms with Crippen molar-refractivity contribution in [2.45, 2.75) is 102 Å². The molecular formula is C36H52O4Si2. The van der Waals surface area contributed by atoms with Gasteiger partial charge in [0, 0.05) is 0 Å². The van der Waals surface area contributed by atoms with Gasteiger partial charge < -0.3 is 18.3 Å². The number of benzene rings is 3. The lowest BCUT2D eigenvalue weighted by Gasteiger charge is -2.44. The van der Waals surface area contributed by atoms with Gasteiger partial charge in [-0.1, -0.05) is 133 Å². The van der Waals surface area contributed by atoms with Crippen molar-refractivity contribution in [3.8, 4) is 0 Å². The first kappa shape index (κ1) is 32.8. The zero-order valence-corrected chi connectivity index (χ0v) is 29.4. The third-order valence-electron chi connectivity index (χ3n) is 9.70. The molecule has 1 aliphatic rings. The van der Waals surface area contributed by atoms with Crippen molar-refractivity contribution in [1.29, 1.82) is 0 Å². The van der Waals surface area contributed by atoms with E-state index >= 15 is 0 Å². The Morgan fingerprint density at radius 1 is 0.619 bits per heavy atom. The Bertz CT molecular complexity index is 1170. The lowest BCUT2D eigenvalue weighted by molar-refractivity contribution is -0.0694. The molecule has 0 aliphatic carbocycles. The Morgan fingerprint density at radius 2 is 1.00 bits per heavy atom. The molecule has 0 spiro atoms. The minimum Gasteiger partial charge on any atom is -0.409 e. The molecule has 3 aromatic rings. The van der Waals surface area contributed by atoms with Crippen molar-refractivity contribution in [2.75, 3.05) is 13.2 Å². The third kappa shape index (κ3) is 6.85. The Morgan fingerprint density at radius 3 is 1.38 bits per heavy atom. The standard InChI is InChI=1S/C36H52O4Si2/c1-34(2,3)41(7,8)39-32-26-37-31(33(32)40-42(9,10)35(4,5)6)27-38-36(28-20-14-11-15-21-28,29-22-16-12-17-23-29)30-24-18-13-19-25-30/h11-25,31-33H,26-27H2,1-10H3. The van der Waals surface area contributed by atoms with Gasteiger partial charge in [-0.2, -0.15) is 0 Å². The third-order valence-corrected chi connectivity index (χ3v) is 18.7. The highest BCUT2D eigenvalue weighted by atomic mass is 28.4. The molecule has 0 radical (unpaired) electrons. The minimum absolute atomic E-state index is 0.0599. The van der Waals surface area contributed by atoms with Crippen LogP contribution >= 0.6 is 0 Å². The van der Waals surface area contributed by atoms with Crippen molar-refractivity contribution in [1.82, 2.24) is 0 Å². The van der Waals surface area contributed by atoms with Crippen LogP contribution in [0.15, 0.2) is 91.0 Å². The average Bonchev–Trinajstić information content (AvgIpc) is 3.29. The summed E-state index contributed by atoms with van der Waals surface area (Å²) in [6, 6.07) is 31.6. The summed E-state index contributed by atoms with van der Waals surface area (Å²) in [5, 5.41) is 0.149. The van der Waals surface area contributed by atoms with Crippen LogP contribution in [-0.2, 0) is 23.9 Å². The molecule has 3 unspecified atom stereocenters. The van der Waals surface area contributed by atoms with Gasteiger partial charge in [-0.15, -0.1) is 0 Å². The van der Waals surface area contributed by atoms with Gasteiger partial charge in [-0.25, -0.2) is 0 Å². The van der Waals surface area contributed by atoms with Gasteiger partial charge in [0.25, 0.3) is 0 Å². The van der Waals surface area contributed by atoms with E-state index in [-0.39, 0.29) is 28.4 Å². The monoisotopic (exact) mass is 604 g/mol. The topological polar surface area (TPSA) is 36.9 Å². The van der Waals surface area contributed by atoms with Crippen LogP contribution in [-0.4, -0.2) is 48.2 Å². The number of rotatable bonds is 10. The molecule has 6 heteroatoms. The number of hydrogen-bond donors (Lipinski definition) is 0. The van der Waals surface area contributed by atoms with Gasteiger partial charge in [-0.3, -0.25) is 0 Å². The van der Waals surface area contributed by atoms with Crippen molar-refractivity contribution in [3.63, 3.8) is 0 Å². The molecule has 1 fully saturated rings. The van der Waals surface area contributed by atoms with Crippen molar-refractivity contribution in [2.24, 2.45) is 0 Å². The Hall–Kier alpha value is -2.07. The Kier molecular flexibility index (Phi) is 9.78. The van der Waals surface area contributed by atoms with Crippen LogP contribution in [0.5, 0.6) is 0 Å². The lowest BCUT2D eigenvalue weighted by Crippen LogP contribution is -2.53. The van der Waals surface area contributed by atoms with E-state index in [4.69, 9.17) is 18.3 Å². The molecular weight excluding hydrogens is 553 g/mol. The molecule has 3 aromatic carbocycles. The van der Waals surface area contributed by atoms with Crippen LogP contribution in [0.1, 0.15) is 58.2 Å². The van der Waals surface area contributed by atoms with E-state index < -0.39 is 22.2 Å².